The van der Waals surface area contributed by atoms with E-state index in [2.05, 4.69) is 27.1 Å². The Bertz CT molecular complexity index is 888. The molecule has 0 bridgehead atoms. The minimum absolute atomic E-state index is 0.0131. The summed E-state index contributed by atoms with van der Waals surface area (Å²) in [7, 11) is 0. The second-order valence-electron chi connectivity index (χ2n) is 6.60. The van der Waals surface area contributed by atoms with Crippen molar-refractivity contribution < 1.29 is 9.21 Å². The van der Waals surface area contributed by atoms with Gasteiger partial charge in [-0.2, -0.15) is 0 Å². The second-order valence-corrected chi connectivity index (χ2v) is 6.60. The van der Waals surface area contributed by atoms with Crippen LogP contribution in [0.2, 0.25) is 0 Å². The lowest BCUT2D eigenvalue weighted by Crippen LogP contribution is -1.99. The summed E-state index contributed by atoms with van der Waals surface area (Å²) in [5.74, 6) is 0.673. The molecule has 0 saturated heterocycles. The highest BCUT2D eigenvalue weighted by molar-refractivity contribution is 5.93. The number of ketones is 1. The maximum Gasteiger partial charge on any atom is 0.245 e. The molecule has 144 valence electrons. The van der Waals surface area contributed by atoms with E-state index in [4.69, 9.17) is 4.42 Å². The van der Waals surface area contributed by atoms with Crippen LogP contribution in [0.25, 0.3) is 11.6 Å². The Hall–Kier alpha value is -3.08. The Labute approximate surface area is 165 Å². The number of benzene rings is 1. The molecule has 0 fully saturated rings. The Balaban J connectivity index is 1.44. The fourth-order valence-electron chi connectivity index (χ4n) is 3.12. The van der Waals surface area contributed by atoms with Crippen molar-refractivity contribution in [2.24, 2.45) is 4.99 Å². The van der Waals surface area contributed by atoms with Crippen LogP contribution >= 0.6 is 0 Å². The van der Waals surface area contributed by atoms with Crippen LogP contribution in [0, 0.1) is 0 Å². The average molecular weight is 375 g/mol. The number of Topliss-reactive ketones (excluding diaryl/α,β-unsaturated/α-hetero) is 1. The van der Waals surface area contributed by atoms with E-state index in [0.717, 1.165) is 25.7 Å². The first-order valence-corrected chi connectivity index (χ1v) is 9.71. The molecule has 1 aromatic carbocycles. The molecule has 0 spiro atoms. The largest absolute Gasteiger partial charge is 0.432 e. The van der Waals surface area contributed by atoms with Crippen LogP contribution in [-0.4, -0.2) is 22.0 Å². The van der Waals surface area contributed by atoms with Crippen molar-refractivity contribution in [3.8, 4) is 11.6 Å². The minimum Gasteiger partial charge on any atom is -0.432 e. The number of aromatic nitrogens is 2. The van der Waals surface area contributed by atoms with Crippen LogP contribution in [0.5, 0.6) is 0 Å². The normalized spacial score (nSPS) is 12.3. The number of oxazole rings is 1. The number of carbonyl (C=O) groups is 1. The first-order valence-electron chi connectivity index (χ1n) is 9.71. The van der Waals surface area contributed by atoms with Crippen molar-refractivity contribution in [2.75, 3.05) is 0 Å². The smallest absolute Gasteiger partial charge is 0.245 e. The average Bonchev–Trinajstić information content (AvgIpc) is 3.24. The highest BCUT2D eigenvalue weighted by Crippen LogP contribution is 2.24. The fourth-order valence-corrected chi connectivity index (χ4v) is 3.12. The molecule has 28 heavy (non-hydrogen) atoms. The topological polar surface area (TPSA) is 68.3 Å². The lowest BCUT2D eigenvalue weighted by Gasteiger charge is -2.12. The van der Waals surface area contributed by atoms with Crippen molar-refractivity contribution in [1.29, 1.82) is 0 Å². The molecule has 0 radical (unpaired) electrons. The molecule has 2 heterocycles. The Morgan fingerprint density at radius 1 is 1.07 bits per heavy atom. The Kier molecular flexibility index (Phi) is 7.24. The number of aliphatic imine (C=N–C) groups is 1. The van der Waals surface area contributed by atoms with E-state index in [0.29, 0.717) is 23.8 Å². The van der Waals surface area contributed by atoms with Crippen LogP contribution in [0.4, 0.5) is 0 Å². The van der Waals surface area contributed by atoms with Crippen LogP contribution in [-0.2, 0) is 0 Å². The molecule has 0 saturated carbocycles. The van der Waals surface area contributed by atoms with Crippen LogP contribution < -0.4 is 0 Å². The molecule has 5 heteroatoms. The minimum atomic E-state index is -0.0131. The molecule has 2 aromatic heterocycles. The van der Waals surface area contributed by atoms with Gasteiger partial charge in [-0.3, -0.25) is 14.8 Å². The standard InChI is InChI=1S/C23H25N3O2/c1-2-24-19(18-11-5-3-6-12-18)13-7-4-8-15-21(27)22-17-26-23(28-22)20-14-9-10-16-25-20/h2-3,5-6,9-12,14,16-17,19H,4,7-8,13,15H2,1H3. The van der Waals surface area contributed by atoms with Crippen LogP contribution in [0.15, 0.2) is 70.3 Å². The maximum absolute atomic E-state index is 12.3. The number of hydrogen-bond acceptors (Lipinski definition) is 5. The van der Waals surface area contributed by atoms with Gasteiger partial charge in [0.1, 0.15) is 5.69 Å². The van der Waals surface area contributed by atoms with Crippen molar-refractivity contribution in [2.45, 2.75) is 45.1 Å². The second kappa shape index (κ2) is 10.3. The lowest BCUT2D eigenvalue weighted by atomic mass is 10.00. The molecule has 3 aromatic rings. The summed E-state index contributed by atoms with van der Waals surface area (Å²) in [5.41, 5.74) is 1.87. The van der Waals surface area contributed by atoms with Crippen molar-refractivity contribution >= 4 is 12.0 Å². The molecular weight excluding hydrogens is 350 g/mol. The summed E-state index contributed by atoms with van der Waals surface area (Å²) in [6.45, 7) is 1.95. The summed E-state index contributed by atoms with van der Waals surface area (Å²) in [6, 6.07) is 16.0. The number of unbranched alkanes of at least 4 members (excludes halogenated alkanes) is 2. The highest BCUT2D eigenvalue weighted by Gasteiger charge is 2.14. The zero-order valence-corrected chi connectivity index (χ0v) is 16.1. The van der Waals surface area contributed by atoms with Crippen molar-refractivity contribution in [3.05, 3.63) is 72.2 Å². The first-order chi connectivity index (χ1) is 13.8. The number of rotatable bonds is 10. The first kappa shape index (κ1) is 19.7. The van der Waals surface area contributed by atoms with Gasteiger partial charge in [-0.05, 0) is 43.7 Å². The van der Waals surface area contributed by atoms with E-state index < -0.39 is 0 Å². The molecule has 1 unspecified atom stereocenters. The Morgan fingerprint density at radius 3 is 2.64 bits per heavy atom. The number of nitrogens with zero attached hydrogens (tertiary/aromatic N) is 3. The number of pyridine rings is 1. The zero-order valence-electron chi connectivity index (χ0n) is 16.1. The molecule has 0 aliphatic heterocycles. The summed E-state index contributed by atoms with van der Waals surface area (Å²) >= 11 is 0. The highest BCUT2D eigenvalue weighted by atomic mass is 16.4. The van der Waals surface area contributed by atoms with Gasteiger partial charge in [-0.15, -0.1) is 0 Å². The van der Waals surface area contributed by atoms with E-state index in [1.165, 1.54) is 11.8 Å². The van der Waals surface area contributed by atoms with Crippen molar-refractivity contribution in [1.82, 2.24) is 9.97 Å². The number of carbonyl (C=O) groups excluding carboxylic acids is 1. The van der Waals surface area contributed by atoms with Gasteiger partial charge in [0.05, 0.1) is 12.2 Å². The van der Waals surface area contributed by atoms with Gasteiger partial charge in [0.2, 0.25) is 5.89 Å². The molecule has 0 amide bonds. The third-order valence-electron chi connectivity index (χ3n) is 4.56. The predicted molar refractivity (Wildman–Crippen MR) is 110 cm³/mol. The van der Waals surface area contributed by atoms with E-state index in [1.54, 1.807) is 6.20 Å². The molecule has 3 rings (SSSR count). The van der Waals surface area contributed by atoms with E-state index in [1.807, 2.05) is 49.5 Å². The van der Waals surface area contributed by atoms with E-state index in [9.17, 15) is 4.79 Å². The third-order valence-corrected chi connectivity index (χ3v) is 4.56. The van der Waals surface area contributed by atoms with E-state index >= 15 is 0 Å². The zero-order chi connectivity index (χ0) is 19.6. The molecule has 1 atom stereocenters. The molecule has 5 nitrogen and oxygen atoms in total. The van der Waals surface area contributed by atoms with Gasteiger partial charge in [0.25, 0.3) is 0 Å². The Morgan fingerprint density at radius 2 is 1.89 bits per heavy atom. The predicted octanol–water partition coefficient (Wildman–Crippen LogP) is 5.70. The number of hydrogen-bond donors (Lipinski definition) is 0. The lowest BCUT2D eigenvalue weighted by molar-refractivity contribution is 0.0953. The third kappa shape index (κ3) is 5.46. The summed E-state index contributed by atoms with van der Waals surface area (Å²) in [5, 5.41) is 0. The van der Waals surface area contributed by atoms with Gasteiger partial charge in [-0.25, -0.2) is 4.98 Å². The quantitative estimate of drug-likeness (QED) is 0.259. The van der Waals surface area contributed by atoms with Crippen LogP contribution in [0.3, 0.4) is 0 Å². The molecular formula is C23H25N3O2. The molecule has 0 aliphatic rings. The monoisotopic (exact) mass is 375 g/mol. The molecule has 0 aliphatic carbocycles. The summed E-state index contributed by atoms with van der Waals surface area (Å²) in [4.78, 5) is 25.3. The van der Waals surface area contributed by atoms with Gasteiger partial charge < -0.3 is 4.42 Å². The fraction of sp³-hybridized carbons (Fsp3) is 0.304. The maximum atomic E-state index is 12.3. The van der Waals surface area contributed by atoms with Gasteiger partial charge in [-0.1, -0.05) is 49.2 Å². The SMILES string of the molecule is CC=NC(CCCCCC(=O)c1cnc(-c2ccccn2)o1)c1ccccc1. The van der Waals surface area contributed by atoms with Crippen LogP contribution in [0.1, 0.15) is 61.2 Å². The van der Waals surface area contributed by atoms with Gasteiger partial charge in [0.15, 0.2) is 11.5 Å². The van der Waals surface area contributed by atoms with Gasteiger partial charge in [0, 0.05) is 12.6 Å². The summed E-state index contributed by atoms with van der Waals surface area (Å²) < 4.78 is 5.57. The van der Waals surface area contributed by atoms with E-state index in [-0.39, 0.29) is 11.8 Å². The molecule has 0 N–H and O–H groups in total. The van der Waals surface area contributed by atoms with Gasteiger partial charge >= 0.3 is 0 Å². The summed E-state index contributed by atoms with van der Waals surface area (Å²) in [6.07, 6.45) is 9.31. The van der Waals surface area contributed by atoms with Crippen molar-refractivity contribution in [3.63, 3.8) is 0 Å².